The summed E-state index contributed by atoms with van der Waals surface area (Å²) in [6, 6.07) is 0. The van der Waals surface area contributed by atoms with Gasteiger partial charge in [0.05, 0.1) is 65.0 Å². The van der Waals surface area contributed by atoms with Gasteiger partial charge in [0.15, 0.2) is 0 Å². The van der Waals surface area contributed by atoms with Crippen molar-refractivity contribution < 1.29 is 277 Å². The highest BCUT2D eigenvalue weighted by Gasteiger charge is 2.92. The number of ether oxygens (including phenoxy) is 6. The van der Waals surface area contributed by atoms with E-state index < -0.39 is 251 Å². The minimum Gasteiger partial charge on any atom is -0.462 e. The Morgan fingerprint density at radius 3 is 0.487 bits per heavy atom. The Labute approximate surface area is 617 Å². The lowest BCUT2D eigenvalue weighted by Crippen LogP contribution is -2.70. The van der Waals surface area contributed by atoms with Crippen molar-refractivity contribution in [2.45, 2.75) is 191 Å². The van der Waals surface area contributed by atoms with Crippen LogP contribution in [0, 0.1) is 0 Å². The van der Waals surface area contributed by atoms with Crippen LogP contribution >= 0.6 is 0 Å². The van der Waals surface area contributed by atoms with Crippen molar-refractivity contribution in [3.63, 3.8) is 0 Å². The van der Waals surface area contributed by atoms with Crippen LogP contribution in [0.4, 0.5) is 220 Å². The maximum absolute atomic E-state index is 13.3. The van der Waals surface area contributed by atoms with E-state index in [0.717, 1.165) is 19.9 Å². The van der Waals surface area contributed by atoms with Crippen LogP contribution in [0.1, 0.15) is 59.3 Å². The molecule has 0 bridgehead atoms. The summed E-state index contributed by atoms with van der Waals surface area (Å²) in [5, 5.41) is 0. The van der Waals surface area contributed by atoms with E-state index in [2.05, 4.69) is 67.9 Å². The van der Waals surface area contributed by atoms with E-state index in [4.69, 9.17) is 0 Å². The molecular weight excluding hydrogens is 1800 g/mol. The second kappa shape index (κ2) is 41.6. The lowest BCUT2D eigenvalue weighted by molar-refractivity contribution is -0.440. The summed E-state index contributed by atoms with van der Waals surface area (Å²) in [7, 11) is 0. The van der Waals surface area contributed by atoms with Crippen LogP contribution in [0.5, 0.6) is 0 Å². The largest absolute Gasteiger partial charge is 0.462 e. The fraction of sp³-hybridized carbons (Fsp3) is 0.673. The van der Waals surface area contributed by atoms with Gasteiger partial charge in [-0.15, -0.1) is 0 Å². The van der Waals surface area contributed by atoms with Gasteiger partial charge in [-0.05, 0) is 20.8 Å². The van der Waals surface area contributed by atoms with Crippen LogP contribution in [0.2, 0.25) is 0 Å². The van der Waals surface area contributed by atoms with Crippen LogP contribution in [-0.2, 0) is 57.2 Å². The molecule has 0 unspecified atom stereocenters. The molecule has 0 N–H and O–H groups in total. The molecule has 0 aromatic heterocycles. The molecule has 0 spiro atoms. The number of hydrogen-bond acceptors (Lipinski definition) is 12. The molecule has 0 rings (SSSR count). The molecule has 0 radical (unpaired) electrons. The molecule has 690 valence electrons. The third-order valence-electron chi connectivity index (χ3n) is 11.8. The van der Waals surface area contributed by atoms with Gasteiger partial charge in [-0.1, -0.05) is 39.5 Å². The van der Waals surface area contributed by atoms with Crippen molar-refractivity contribution in [2.75, 3.05) is 39.6 Å². The van der Waals surface area contributed by atoms with Gasteiger partial charge in [0.1, 0.15) is 13.2 Å². The molecule has 0 saturated carbocycles. The number of alkyl halides is 50. The van der Waals surface area contributed by atoms with Crippen molar-refractivity contribution >= 4 is 35.8 Å². The topological polar surface area (TPSA) is 158 Å². The normalized spacial score (nSPS) is 13.8. The Kier molecular flexibility index (Phi) is 42.6. The Morgan fingerprint density at radius 2 is 0.342 bits per heavy atom. The van der Waals surface area contributed by atoms with E-state index in [0.29, 0.717) is 12.2 Å². The molecule has 117 heavy (non-hydrogen) atoms. The van der Waals surface area contributed by atoms with Crippen LogP contribution in [0.15, 0.2) is 74.4 Å². The number of esters is 6. The zero-order valence-corrected chi connectivity index (χ0v) is 56.8. The van der Waals surface area contributed by atoms with Gasteiger partial charge in [0.2, 0.25) is 0 Å². The lowest BCUT2D eigenvalue weighted by Gasteiger charge is -2.39. The Balaban J connectivity index is -0.000000324. The van der Waals surface area contributed by atoms with Gasteiger partial charge in [-0.25, -0.2) is 28.8 Å². The molecule has 0 saturated heterocycles. The van der Waals surface area contributed by atoms with Crippen LogP contribution in [-0.4, -0.2) is 207 Å². The third-order valence-corrected chi connectivity index (χ3v) is 11.8. The Hall–Kier alpha value is -8.24. The van der Waals surface area contributed by atoms with E-state index in [-0.39, 0.29) is 11.1 Å². The number of halogens is 50. The predicted molar refractivity (Wildman–Crippen MR) is 284 cm³/mol. The van der Waals surface area contributed by atoms with Crippen molar-refractivity contribution in [3.8, 4) is 0 Å². The van der Waals surface area contributed by atoms with E-state index in [1.165, 1.54) is 6.92 Å². The van der Waals surface area contributed by atoms with Crippen molar-refractivity contribution in [3.05, 3.63) is 74.4 Å². The fourth-order valence-corrected chi connectivity index (χ4v) is 5.22. The van der Waals surface area contributed by atoms with Gasteiger partial charge in [-0.3, -0.25) is 0 Å². The fourth-order valence-electron chi connectivity index (χ4n) is 5.22. The third kappa shape index (κ3) is 31.5. The summed E-state index contributed by atoms with van der Waals surface area (Å²) in [6.45, 7) is 13.3. The molecule has 62 heteroatoms. The highest BCUT2D eigenvalue weighted by Crippen LogP contribution is 2.63. The highest BCUT2D eigenvalue weighted by atomic mass is 19.5. The van der Waals surface area contributed by atoms with Gasteiger partial charge >= 0.3 is 168 Å². The average Bonchev–Trinajstić information content (AvgIpc) is 0.715. The van der Waals surface area contributed by atoms with Crippen LogP contribution in [0.3, 0.4) is 0 Å². The molecule has 0 aliphatic rings. The minimum atomic E-state index is -7.94. The molecule has 0 aliphatic carbocycles. The summed E-state index contributed by atoms with van der Waals surface area (Å²) < 4.78 is 646. The molecular formula is C55H48F50O12. The van der Waals surface area contributed by atoms with Gasteiger partial charge < -0.3 is 28.4 Å². The zero-order chi connectivity index (χ0) is 96.0. The van der Waals surface area contributed by atoms with Gasteiger partial charge in [0.25, 0.3) is 0 Å². The van der Waals surface area contributed by atoms with E-state index in [9.17, 15) is 248 Å². The van der Waals surface area contributed by atoms with E-state index in [1.54, 1.807) is 0 Å². The molecule has 0 aromatic rings. The predicted octanol–water partition coefficient (Wildman–Crippen LogP) is 21.3. The highest BCUT2D eigenvalue weighted by molar-refractivity contribution is 5.87. The molecule has 0 amide bonds. The molecule has 0 aliphatic heterocycles. The maximum atomic E-state index is 13.3. The SMILES string of the molecule is C=C(C)C(=O)OCCC(F)(F)C(F)(F)C(F)(F)C(F)(F)C(F)(F)C(F)(F)F.C=C(C)C(=O)OCCC(F)(F)C(F)(F)C(F)(F)C(F)(F)F.C=C(C)C(=O)OCCC(F)(F)F.C=CC(=O)OCCC(F)(F)C(F)(F)C(F)(F)C(F)(F)C(F)(F)C(F)(F)F.C=CC(=O)OCCC(F)(F)C(F)(F)C(F)(F)C(F)(F)F.C=CC(=O)OCCC(F)(F)F. The molecule has 12 nitrogen and oxygen atoms in total. The van der Waals surface area contributed by atoms with Crippen molar-refractivity contribution in [1.82, 2.24) is 0 Å². The average molecular weight is 1850 g/mol. The molecule has 0 aromatic carbocycles. The summed E-state index contributed by atoms with van der Waals surface area (Å²) in [6.07, 6.45) is -47.5. The van der Waals surface area contributed by atoms with E-state index in [1.807, 2.05) is 0 Å². The first-order chi connectivity index (χ1) is 50.8. The first kappa shape index (κ1) is 120. The monoisotopic (exact) mass is 1850 g/mol. The lowest BCUT2D eigenvalue weighted by atomic mass is 9.93. The first-order valence-corrected chi connectivity index (χ1v) is 28.2. The van der Waals surface area contributed by atoms with Crippen LogP contribution < -0.4 is 0 Å². The quantitative estimate of drug-likeness (QED) is 0.0260. The summed E-state index contributed by atoms with van der Waals surface area (Å²) >= 11 is 0. The van der Waals surface area contributed by atoms with Crippen molar-refractivity contribution in [2.24, 2.45) is 0 Å². The Bertz CT molecular complexity index is 3290. The standard InChI is InChI=1S/C12H9F13O2.C11H7F13O2.C10H9F9O2.C9H7F9O2.C7H9F3O2.C6H7F3O2/c1-5(2)6(26)27-4-3-7(13,14)8(15,16)9(17,18)10(19,20)11(21,22)12(23,24)25;1-2-5(25)26-4-3-6(12,13)7(14,15)8(16,17)9(18,19)10(20,21)11(22,23)24;1-5(2)6(20)21-4-3-7(11,12)8(13,14)9(15,16)10(17,18)19;1-2-5(19)20-4-3-6(10,11)7(12,13)8(14,15)9(16,17)18;1-5(2)6(11)12-4-3-7(8,9)10;1-2-5(10)11-4-3-6(7,8)9/h1,3-4H2,2H3;2H,1,3-4H2;1,3-4H2,2H3;2H,1,3-4H2;1,3-4H2,2H3;2H,1,3-4H2. The summed E-state index contributed by atoms with van der Waals surface area (Å²) in [5.74, 6) is -120. The second-order valence-electron chi connectivity index (χ2n) is 21.3. The summed E-state index contributed by atoms with van der Waals surface area (Å²) in [4.78, 5) is 63.2. The van der Waals surface area contributed by atoms with E-state index >= 15 is 0 Å². The number of carbonyl (C=O) groups is 6. The first-order valence-electron chi connectivity index (χ1n) is 28.2. The number of hydrogen-bond donors (Lipinski definition) is 0. The molecule has 0 fully saturated rings. The minimum absolute atomic E-state index is 0.0946. The molecule has 0 heterocycles. The van der Waals surface area contributed by atoms with Gasteiger partial charge in [0, 0.05) is 34.9 Å². The second-order valence-corrected chi connectivity index (χ2v) is 21.3. The number of rotatable bonds is 34. The Morgan fingerprint density at radius 1 is 0.214 bits per heavy atom. The smallest absolute Gasteiger partial charge is 0.460 e. The molecule has 0 atom stereocenters. The summed E-state index contributed by atoms with van der Waals surface area (Å²) in [5.41, 5.74) is -0.672. The van der Waals surface area contributed by atoms with Crippen LogP contribution in [0.25, 0.3) is 0 Å². The van der Waals surface area contributed by atoms with Crippen molar-refractivity contribution in [1.29, 1.82) is 0 Å². The number of carbonyl (C=O) groups excluding carboxylic acids is 6. The zero-order valence-electron chi connectivity index (χ0n) is 56.8. The van der Waals surface area contributed by atoms with Gasteiger partial charge in [-0.2, -0.15) is 220 Å². The maximum Gasteiger partial charge on any atom is 0.460 e.